The first-order valence-electron chi connectivity index (χ1n) is 4.80. The molecule has 0 spiro atoms. The molecule has 1 aromatic heterocycles. The maximum Gasteiger partial charge on any atom is 0.154 e. The minimum absolute atomic E-state index is 0.720. The molecule has 0 bridgehead atoms. The van der Waals surface area contributed by atoms with Gasteiger partial charge in [0.1, 0.15) is 6.07 Å². The van der Waals surface area contributed by atoms with Crippen molar-refractivity contribution >= 4 is 23.1 Å². The van der Waals surface area contributed by atoms with Crippen LogP contribution < -0.4 is 0 Å². The lowest BCUT2D eigenvalue weighted by Gasteiger charge is -2.01. The van der Waals surface area contributed by atoms with Gasteiger partial charge in [-0.25, -0.2) is 4.98 Å². The fourth-order valence-electron chi connectivity index (χ4n) is 1.29. The fourth-order valence-corrected chi connectivity index (χ4v) is 3.15. The van der Waals surface area contributed by atoms with E-state index in [0.29, 0.717) is 0 Å². The molecule has 0 fully saturated rings. The first-order chi connectivity index (χ1) is 7.69. The van der Waals surface area contributed by atoms with Crippen molar-refractivity contribution in [2.75, 3.05) is 0 Å². The Morgan fingerprint density at radius 1 is 1.38 bits per heavy atom. The van der Waals surface area contributed by atoms with Gasteiger partial charge in [-0.1, -0.05) is 17.8 Å². The average molecular weight is 246 g/mol. The maximum absolute atomic E-state index is 9.05. The van der Waals surface area contributed by atoms with Gasteiger partial charge in [-0.05, 0) is 31.5 Å². The smallest absolute Gasteiger partial charge is 0.154 e. The Morgan fingerprint density at radius 3 is 2.81 bits per heavy atom. The van der Waals surface area contributed by atoms with Crippen LogP contribution in [0.2, 0.25) is 0 Å². The van der Waals surface area contributed by atoms with Crippen molar-refractivity contribution in [3.63, 3.8) is 0 Å². The average Bonchev–Trinajstić information content (AvgIpc) is 2.67. The predicted molar refractivity (Wildman–Crippen MR) is 66.9 cm³/mol. The van der Waals surface area contributed by atoms with Gasteiger partial charge in [-0.3, -0.25) is 0 Å². The Balaban J connectivity index is 2.31. The standard InChI is InChI=1S/C12H10N2S2/c1-8-3-4-11(10(5-8)6-13)16-12-14-9(2)7-15-12/h3-5,7H,1-2H3. The van der Waals surface area contributed by atoms with Gasteiger partial charge in [0.05, 0.1) is 5.56 Å². The van der Waals surface area contributed by atoms with E-state index in [4.69, 9.17) is 5.26 Å². The van der Waals surface area contributed by atoms with E-state index in [9.17, 15) is 0 Å². The Hall–Kier alpha value is -1.31. The zero-order valence-electron chi connectivity index (χ0n) is 9.02. The summed E-state index contributed by atoms with van der Waals surface area (Å²) in [6.45, 7) is 3.96. The van der Waals surface area contributed by atoms with Crippen molar-refractivity contribution < 1.29 is 0 Å². The number of nitrogens with zero attached hydrogens (tertiary/aromatic N) is 2. The quantitative estimate of drug-likeness (QED) is 0.809. The first kappa shape index (κ1) is 11.2. The molecular weight excluding hydrogens is 236 g/mol. The summed E-state index contributed by atoms with van der Waals surface area (Å²) in [5, 5.41) is 11.1. The van der Waals surface area contributed by atoms with Crippen LogP contribution in [-0.4, -0.2) is 4.98 Å². The van der Waals surface area contributed by atoms with E-state index in [-0.39, 0.29) is 0 Å². The van der Waals surface area contributed by atoms with Crippen LogP contribution >= 0.6 is 23.1 Å². The van der Waals surface area contributed by atoms with E-state index >= 15 is 0 Å². The Labute approximate surface area is 103 Å². The zero-order chi connectivity index (χ0) is 11.5. The van der Waals surface area contributed by atoms with Gasteiger partial charge in [-0.15, -0.1) is 11.3 Å². The largest absolute Gasteiger partial charge is 0.235 e. The highest BCUT2D eigenvalue weighted by Crippen LogP contribution is 2.32. The molecule has 80 valence electrons. The minimum Gasteiger partial charge on any atom is -0.235 e. The van der Waals surface area contributed by atoms with Crippen LogP contribution in [0.15, 0.2) is 32.8 Å². The summed E-state index contributed by atoms with van der Waals surface area (Å²) in [7, 11) is 0. The highest BCUT2D eigenvalue weighted by atomic mass is 32.2. The molecule has 1 heterocycles. The second kappa shape index (κ2) is 4.69. The van der Waals surface area contributed by atoms with Gasteiger partial charge in [0.2, 0.25) is 0 Å². The molecule has 0 saturated heterocycles. The third kappa shape index (κ3) is 2.43. The summed E-state index contributed by atoms with van der Waals surface area (Å²) < 4.78 is 0.984. The molecule has 0 amide bonds. The number of hydrogen-bond donors (Lipinski definition) is 0. The second-order valence-electron chi connectivity index (χ2n) is 3.47. The third-order valence-corrected chi connectivity index (χ3v) is 4.18. The summed E-state index contributed by atoms with van der Waals surface area (Å²) in [4.78, 5) is 5.35. The van der Waals surface area contributed by atoms with Crippen molar-refractivity contribution in [3.05, 3.63) is 40.4 Å². The normalized spacial score (nSPS) is 10.1. The molecule has 0 aliphatic rings. The van der Waals surface area contributed by atoms with Crippen molar-refractivity contribution in [3.8, 4) is 6.07 Å². The molecule has 16 heavy (non-hydrogen) atoms. The summed E-state index contributed by atoms with van der Waals surface area (Å²) in [6, 6.07) is 8.12. The number of thiazole rings is 1. The minimum atomic E-state index is 0.720. The lowest BCUT2D eigenvalue weighted by Crippen LogP contribution is -1.83. The zero-order valence-corrected chi connectivity index (χ0v) is 10.7. The number of nitriles is 1. The number of benzene rings is 1. The van der Waals surface area contributed by atoms with E-state index < -0.39 is 0 Å². The molecule has 4 heteroatoms. The van der Waals surface area contributed by atoms with E-state index in [0.717, 1.165) is 26.1 Å². The number of aryl methyl sites for hydroxylation is 2. The molecule has 0 aliphatic carbocycles. The third-order valence-electron chi connectivity index (χ3n) is 2.05. The van der Waals surface area contributed by atoms with Crippen LogP contribution in [0.1, 0.15) is 16.8 Å². The van der Waals surface area contributed by atoms with Crippen LogP contribution in [0.4, 0.5) is 0 Å². The fraction of sp³-hybridized carbons (Fsp3) is 0.167. The second-order valence-corrected chi connectivity index (χ2v) is 5.62. The van der Waals surface area contributed by atoms with Gasteiger partial charge in [-0.2, -0.15) is 5.26 Å². The van der Waals surface area contributed by atoms with Crippen LogP contribution in [0.25, 0.3) is 0 Å². The molecule has 2 rings (SSSR count). The molecular formula is C12H10N2S2. The lowest BCUT2D eigenvalue weighted by molar-refractivity contribution is 1.16. The van der Waals surface area contributed by atoms with Crippen LogP contribution in [0, 0.1) is 25.2 Å². The summed E-state index contributed by atoms with van der Waals surface area (Å²) in [5.41, 5.74) is 2.85. The Kier molecular flexibility index (Phi) is 3.28. The maximum atomic E-state index is 9.05. The summed E-state index contributed by atoms with van der Waals surface area (Å²) in [6.07, 6.45) is 0. The van der Waals surface area contributed by atoms with Crippen molar-refractivity contribution in [2.45, 2.75) is 23.1 Å². The SMILES string of the molecule is Cc1ccc(Sc2nc(C)cs2)c(C#N)c1. The topological polar surface area (TPSA) is 36.7 Å². The lowest BCUT2D eigenvalue weighted by atomic mass is 10.2. The van der Waals surface area contributed by atoms with Gasteiger partial charge >= 0.3 is 0 Å². The first-order valence-corrected chi connectivity index (χ1v) is 6.49. The molecule has 0 saturated carbocycles. The molecule has 0 N–H and O–H groups in total. The number of aromatic nitrogens is 1. The molecule has 0 aliphatic heterocycles. The number of hydrogen-bond acceptors (Lipinski definition) is 4. The molecule has 0 radical (unpaired) electrons. The highest BCUT2D eigenvalue weighted by Gasteiger charge is 2.06. The van der Waals surface area contributed by atoms with Gasteiger partial charge in [0.25, 0.3) is 0 Å². The summed E-state index contributed by atoms with van der Waals surface area (Å²) >= 11 is 3.16. The van der Waals surface area contributed by atoms with Crippen molar-refractivity contribution in [1.82, 2.24) is 4.98 Å². The monoisotopic (exact) mass is 246 g/mol. The van der Waals surface area contributed by atoms with Crippen LogP contribution in [-0.2, 0) is 0 Å². The summed E-state index contributed by atoms with van der Waals surface area (Å²) in [5.74, 6) is 0. The number of rotatable bonds is 2. The van der Waals surface area contributed by atoms with E-state index in [2.05, 4.69) is 11.1 Å². The van der Waals surface area contributed by atoms with Crippen molar-refractivity contribution in [1.29, 1.82) is 5.26 Å². The van der Waals surface area contributed by atoms with Gasteiger partial charge < -0.3 is 0 Å². The van der Waals surface area contributed by atoms with Gasteiger partial charge in [0.15, 0.2) is 4.34 Å². The van der Waals surface area contributed by atoms with Crippen LogP contribution in [0.5, 0.6) is 0 Å². The molecule has 2 nitrogen and oxygen atoms in total. The van der Waals surface area contributed by atoms with E-state index in [1.54, 1.807) is 23.1 Å². The molecule has 1 aromatic carbocycles. The van der Waals surface area contributed by atoms with Gasteiger partial charge in [0, 0.05) is 16.0 Å². The molecule has 0 atom stereocenters. The van der Waals surface area contributed by atoms with E-state index in [1.165, 1.54) is 0 Å². The predicted octanol–water partition coefficient (Wildman–Crippen LogP) is 3.78. The Morgan fingerprint density at radius 2 is 2.19 bits per heavy atom. The van der Waals surface area contributed by atoms with Crippen molar-refractivity contribution in [2.24, 2.45) is 0 Å². The van der Waals surface area contributed by atoms with Crippen LogP contribution in [0.3, 0.4) is 0 Å². The Bertz CT molecular complexity index is 552. The molecule has 0 unspecified atom stereocenters. The highest BCUT2D eigenvalue weighted by molar-refractivity contribution is 8.01. The molecule has 2 aromatic rings. The van der Waals surface area contributed by atoms with E-state index in [1.807, 2.05) is 37.4 Å².